The van der Waals surface area contributed by atoms with Crippen LogP contribution < -0.4 is 15.8 Å². The van der Waals surface area contributed by atoms with Gasteiger partial charge in [-0.3, -0.25) is 4.79 Å². The van der Waals surface area contributed by atoms with Crippen molar-refractivity contribution in [3.8, 4) is 5.75 Å². The molecule has 0 aromatic heterocycles. The van der Waals surface area contributed by atoms with Crippen LogP contribution in [-0.2, 0) is 9.53 Å². The minimum atomic E-state index is -2.90. The topological polar surface area (TPSA) is 73.6 Å². The molecule has 0 aliphatic carbocycles. The molecule has 5 nitrogen and oxygen atoms in total. The summed E-state index contributed by atoms with van der Waals surface area (Å²) in [6, 6.07) is 5.76. The van der Waals surface area contributed by atoms with Gasteiger partial charge in [0.2, 0.25) is 5.91 Å². The van der Waals surface area contributed by atoms with Crippen LogP contribution in [0.1, 0.15) is 6.42 Å². The molecule has 0 fully saturated rings. The molecular formula is C12H16F2N2O3. The molecule has 7 heteroatoms. The van der Waals surface area contributed by atoms with Crippen molar-refractivity contribution in [1.82, 2.24) is 0 Å². The lowest BCUT2D eigenvalue weighted by Gasteiger charge is -2.13. The number of anilines is 1. The van der Waals surface area contributed by atoms with Gasteiger partial charge in [-0.05, 0) is 12.1 Å². The molecule has 1 rings (SSSR count). The first-order valence-corrected chi connectivity index (χ1v) is 5.62. The number of carbonyl (C=O) groups is 1. The lowest BCUT2D eigenvalue weighted by Crippen LogP contribution is -2.28. The van der Waals surface area contributed by atoms with Crippen LogP contribution in [0.5, 0.6) is 5.75 Å². The molecule has 1 atom stereocenters. The van der Waals surface area contributed by atoms with Crippen LogP contribution in [0, 0.1) is 0 Å². The summed E-state index contributed by atoms with van der Waals surface area (Å²) in [5.41, 5.74) is 5.77. The fourth-order valence-electron chi connectivity index (χ4n) is 1.43. The Morgan fingerprint density at radius 1 is 1.47 bits per heavy atom. The van der Waals surface area contributed by atoms with E-state index in [1.54, 1.807) is 6.07 Å². The molecule has 106 valence electrons. The number of hydrogen-bond donors (Lipinski definition) is 2. The third-order valence-corrected chi connectivity index (χ3v) is 2.35. The minimum absolute atomic E-state index is 0.0186. The number of methoxy groups -OCH3 is 1. The molecule has 0 aliphatic rings. The quantitative estimate of drug-likeness (QED) is 0.792. The van der Waals surface area contributed by atoms with E-state index < -0.39 is 6.61 Å². The predicted octanol–water partition coefficient (Wildman–Crippen LogP) is 1.59. The van der Waals surface area contributed by atoms with Gasteiger partial charge in [0.25, 0.3) is 0 Å². The van der Waals surface area contributed by atoms with Gasteiger partial charge in [0.1, 0.15) is 5.75 Å². The van der Waals surface area contributed by atoms with Crippen LogP contribution >= 0.6 is 0 Å². The van der Waals surface area contributed by atoms with Crippen LogP contribution in [0.15, 0.2) is 24.3 Å². The van der Waals surface area contributed by atoms with Gasteiger partial charge >= 0.3 is 6.61 Å². The number of hydrogen-bond acceptors (Lipinski definition) is 4. The fraction of sp³-hybridized carbons (Fsp3) is 0.417. The number of amides is 1. The fourth-order valence-corrected chi connectivity index (χ4v) is 1.43. The molecule has 0 radical (unpaired) electrons. The van der Waals surface area contributed by atoms with Crippen LogP contribution in [0.25, 0.3) is 0 Å². The van der Waals surface area contributed by atoms with E-state index in [1.165, 1.54) is 25.3 Å². The zero-order valence-electron chi connectivity index (χ0n) is 10.4. The summed E-state index contributed by atoms with van der Waals surface area (Å²) in [6.45, 7) is -2.68. The van der Waals surface area contributed by atoms with Gasteiger partial charge in [-0.1, -0.05) is 6.07 Å². The number of carbonyl (C=O) groups excluding carboxylic acids is 1. The molecule has 1 aromatic carbocycles. The number of benzene rings is 1. The summed E-state index contributed by atoms with van der Waals surface area (Å²) in [4.78, 5) is 11.6. The molecule has 0 saturated heterocycles. The molecule has 3 N–H and O–H groups in total. The average Bonchev–Trinajstić information content (AvgIpc) is 2.35. The number of nitrogens with two attached hydrogens (primary N) is 1. The second-order valence-electron chi connectivity index (χ2n) is 3.75. The normalized spacial score (nSPS) is 12.3. The summed E-state index contributed by atoms with van der Waals surface area (Å²) in [6.07, 6.45) is -0.284. The van der Waals surface area contributed by atoms with Crippen molar-refractivity contribution >= 4 is 11.6 Å². The Kier molecular flexibility index (Phi) is 6.17. The van der Waals surface area contributed by atoms with E-state index in [-0.39, 0.29) is 30.7 Å². The first-order valence-electron chi connectivity index (χ1n) is 5.62. The largest absolute Gasteiger partial charge is 0.435 e. The number of ether oxygens (including phenoxy) is 2. The Balaban J connectivity index is 2.59. The van der Waals surface area contributed by atoms with E-state index in [0.717, 1.165) is 0 Å². The summed E-state index contributed by atoms with van der Waals surface area (Å²) in [7, 11) is 1.46. The van der Waals surface area contributed by atoms with Crippen LogP contribution in [-0.4, -0.2) is 32.3 Å². The summed E-state index contributed by atoms with van der Waals surface area (Å²) in [5.74, 6) is -0.332. The monoisotopic (exact) mass is 274 g/mol. The maximum Gasteiger partial charge on any atom is 0.387 e. The smallest absolute Gasteiger partial charge is 0.387 e. The van der Waals surface area contributed by atoms with Gasteiger partial charge in [0.15, 0.2) is 0 Å². The molecule has 1 aromatic rings. The molecule has 1 amide bonds. The van der Waals surface area contributed by atoms with E-state index >= 15 is 0 Å². The second-order valence-corrected chi connectivity index (χ2v) is 3.75. The second kappa shape index (κ2) is 7.65. The van der Waals surface area contributed by atoms with E-state index in [2.05, 4.69) is 10.1 Å². The Labute approximate surface area is 109 Å². The number of halogens is 2. The molecule has 1 unspecified atom stereocenters. The molecule has 0 saturated carbocycles. The lowest BCUT2D eigenvalue weighted by molar-refractivity contribution is -0.118. The summed E-state index contributed by atoms with van der Waals surface area (Å²) >= 11 is 0. The highest BCUT2D eigenvalue weighted by molar-refractivity contribution is 5.91. The summed E-state index contributed by atoms with van der Waals surface area (Å²) < 4.78 is 33.3. The predicted molar refractivity (Wildman–Crippen MR) is 66.2 cm³/mol. The zero-order valence-corrected chi connectivity index (χ0v) is 10.4. The zero-order chi connectivity index (χ0) is 14.3. The minimum Gasteiger partial charge on any atom is -0.435 e. The van der Waals surface area contributed by atoms with Crippen LogP contribution in [0.2, 0.25) is 0 Å². The molecular weight excluding hydrogens is 258 g/mol. The standard InChI is InChI=1S/C12H16F2N2O3/c1-18-10(7-15)6-11(17)16-8-3-2-4-9(5-8)19-12(13)14/h2-5,10,12H,6-7,15H2,1H3,(H,16,17). The maximum atomic E-state index is 12.0. The number of nitrogens with one attached hydrogen (secondary N) is 1. The molecule has 0 spiro atoms. The highest BCUT2D eigenvalue weighted by atomic mass is 19.3. The van der Waals surface area contributed by atoms with Gasteiger partial charge in [-0.25, -0.2) is 0 Å². The Morgan fingerprint density at radius 3 is 2.79 bits per heavy atom. The Hall–Kier alpha value is -1.73. The first kappa shape index (κ1) is 15.3. The van der Waals surface area contributed by atoms with Gasteiger partial charge in [-0.2, -0.15) is 8.78 Å². The first-order chi connectivity index (χ1) is 9.05. The average molecular weight is 274 g/mol. The highest BCUT2D eigenvalue weighted by Crippen LogP contribution is 2.19. The highest BCUT2D eigenvalue weighted by Gasteiger charge is 2.12. The molecule has 0 heterocycles. The molecule has 0 bridgehead atoms. The van der Waals surface area contributed by atoms with Gasteiger partial charge < -0.3 is 20.5 Å². The third kappa shape index (κ3) is 5.62. The molecule has 19 heavy (non-hydrogen) atoms. The molecule has 0 aliphatic heterocycles. The van der Waals surface area contributed by atoms with Crippen molar-refractivity contribution in [3.05, 3.63) is 24.3 Å². The third-order valence-electron chi connectivity index (χ3n) is 2.35. The van der Waals surface area contributed by atoms with E-state index in [0.29, 0.717) is 5.69 Å². The van der Waals surface area contributed by atoms with Gasteiger partial charge in [-0.15, -0.1) is 0 Å². The van der Waals surface area contributed by atoms with Crippen molar-refractivity contribution in [2.75, 3.05) is 19.0 Å². The van der Waals surface area contributed by atoms with Crippen molar-refractivity contribution in [3.63, 3.8) is 0 Å². The number of alkyl halides is 2. The van der Waals surface area contributed by atoms with E-state index in [1.807, 2.05) is 0 Å². The van der Waals surface area contributed by atoms with Crippen LogP contribution in [0.4, 0.5) is 14.5 Å². The van der Waals surface area contributed by atoms with Gasteiger partial charge in [0.05, 0.1) is 12.5 Å². The van der Waals surface area contributed by atoms with E-state index in [4.69, 9.17) is 10.5 Å². The van der Waals surface area contributed by atoms with Crippen LogP contribution in [0.3, 0.4) is 0 Å². The lowest BCUT2D eigenvalue weighted by atomic mass is 10.2. The van der Waals surface area contributed by atoms with Gasteiger partial charge in [0, 0.05) is 25.4 Å². The Morgan fingerprint density at radius 2 is 2.21 bits per heavy atom. The number of rotatable bonds is 7. The maximum absolute atomic E-state index is 12.0. The van der Waals surface area contributed by atoms with Crippen molar-refractivity contribution in [2.24, 2.45) is 5.73 Å². The van der Waals surface area contributed by atoms with E-state index in [9.17, 15) is 13.6 Å². The SMILES string of the molecule is COC(CN)CC(=O)Nc1cccc(OC(F)F)c1. The van der Waals surface area contributed by atoms with Crippen molar-refractivity contribution < 1.29 is 23.0 Å². The van der Waals surface area contributed by atoms with Crippen molar-refractivity contribution in [2.45, 2.75) is 19.1 Å². The van der Waals surface area contributed by atoms with Crippen molar-refractivity contribution in [1.29, 1.82) is 0 Å². The summed E-state index contributed by atoms with van der Waals surface area (Å²) in [5, 5.41) is 2.56. The Bertz CT molecular complexity index is 412.